The van der Waals surface area contributed by atoms with E-state index in [4.69, 9.17) is 0 Å². The van der Waals surface area contributed by atoms with Crippen molar-refractivity contribution in [3.63, 3.8) is 0 Å². The van der Waals surface area contributed by atoms with Crippen molar-refractivity contribution in [3.8, 4) is 0 Å². The third-order valence-corrected chi connectivity index (χ3v) is 2.65. The molecule has 0 fully saturated rings. The number of hydrogen-bond donors (Lipinski definition) is 1. The van der Waals surface area contributed by atoms with E-state index >= 15 is 0 Å². The Bertz CT molecular complexity index is 275. The first-order chi connectivity index (χ1) is 6.72. The van der Waals surface area contributed by atoms with Gasteiger partial charge < -0.3 is 10.1 Å². The Kier molecular flexibility index (Phi) is 4.13. The molecule has 0 saturated carbocycles. The summed E-state index contributed by atoms with van der Waals surface area (Å²) in [5.74, 6) is 0.528. The molecular formula is C9H15N3OS. The van der Waals surface area contributed by atoms with Crippen molar-refractivity contribution in [1.29, 1.82) is 0 Å². The van der Waals surface area contributed by atoms with E-state index in [1.54, 1.807) is 0 Å². The predicted octanol–water partition coefficient (Wildman–Crippen LogP) is 0.931. The van der Waals surface area contributed by atoms with Crippen molar-refractivity contribution in [1.82, 2.24) is 5.32 Å². The molecule has 1 rings (SSSR count). The topological polar surface area (TPSA) is 53.8 Å². The van der Waals surface area contributed by atoms with E-state index in [2.05, 4.69) is 15.3 Å². The van der Waals surface area contributed by atoms with Gasteiger partial charge in [-0.25, -0.2) is 0 Å². The molecule has 5 heteroatoms. The first kappa shape index (κ1) is 11.2. The molecule has 1 N–H and O–H groups in total. The lowest BCUT2D eigenvalue weighted by Gasteiger charge is -2.25. The zero-order chi connectivity index (χ0) is 10.6. The number of aldehydes is 1. The summed E-state index contributed by atoms with van der Waals surface area (Å²) in [6.07, 6.45) is 2.86. The van der Waals surface area contributed by atoms with Gasteiger partial charge in [-0.3, -0.25) is 9.98 Å². The molecule has 2 atom stereocenters. The van der Waals surface area contributed by atoms with Gasteiger partial charge in [0, 0.05) is 6.54 Å². The lowest BCUT2D eigenvalue weighted by Crippen LogP contribution is -2.44. The van der Waals surface area contributed by atoms with Gasteiger partial charge in [0.05, 0.1) is 12.0 Å². The van der Waals surface area contributed by atoms with Gasteiger partial charge in [-0.05, 0) is 20.1 Å². The highest BCUT2D eigenvalue weighted by atomic mass is 32.2. The number of nitrogens with zero attached hydrogens (tertiary/aromatic N) is 2. The van der Waals surface area contributed by atoms with Crippen molar-refractivity contribution in [3.05, 3.63) is 0 Å². The summed E-state index contributed by atoms with van der Waals surface area (Å²) in [5.41, 5.74) is 0. The second kappa shape index (κ2) is 5.14. The molecule has 1 aliphatic rings. The molecule has 2 unspecified atom stereocenters. The minimum atomic E-state index is -0.217. The Balaban J connectivity index is 2.91. The molecule has 4 nitrogen and oxygen atoms in total. The molecule has 0 spiro atoms. The number of aliphatic imine (C=N–C) groups is 2. The van der Waals surface area contributed by atoms with Gasteiger partial charge >= 0.3 is 0 Å². The molecule has 0 bridgehead atoms. The van der Waals surface area contributed by atoms with Gasteiger partial charge in [0.2, 0.25) is 0 Å². The van der Waals surface area contributed by atoms with Crippen LogP contribution < -0.4 is 5.32 Å². The van der Waals surface area contributed by atoms with Gasteiger partial charge in [0.25, 0.3) is 0 Å². The van der Waals surface area contributed by atoms with Crippen LogP contribution in [0.2, 0.25) is 0 Å². The maximum Gasteiger partial charge on any atom is 0.161 e. The highest BCUT2D eigenvalue weighted by Crippen LogP contribution is 2.14. The largest absolute Gasteiger partial charge is 0.323 e. The van der Waals surface area contributed by atoms with Crippen molar-refractivity contribution >= 4 is 29.1 Å². The standard InChI is InChI=1S/C9H15N3OS/c1-4-10-8-7(5-13)6(2)11-9(12-8)14-3/h5-7H,4H2,1-3H3,(H,10,11,12). The molecule has 1 heterocycles. The van der Waals surface area contributed by atoms with Crippen LogP contribution in [0.4, 0.5) is 0 Å². The lowest BCUT2D eigenvalue weighted by molar-refractivity contribution is -0.109. The van der Waals surface area contributed by atoms with Gasteiger partial charge in [0.15, 0.2) is 5.17 Å². The summed E-state index contributed by atoms with van der Waals surface area (Å²) < 4.78 is 0. The number of hydrogen-bond acceptors (Lipinski definition) is 4. The Morgan fingerprint density at radius 2 is 2.43 bits per heavy atom. The van der Waals surface area contributed by atoms with Crippen LogP contribution in [0, 0.1) is 5.92 Å². The lowest BCUT2D eigenvalue weighted by atomic mass is 10.0. The first-order valence-electron chi connectivity index (χ1n) is 4.61. The smallest absolute Gasteiger partial charge is 0.161 e. The van der Waals surface area contributed by atoms with Gasteiger partial charge in [-0.2, -0.15) is 0 Å². The first-order valence-corrected chi connectivity index (χ1v) is 5.83. The van der Waals surface area contributed by atoms with Crippen LogP contribution in [0.15, 0.2) is 9.98 Å². The van der Waals surface area contributed by atoms with E-state index in [0.29, 0.717) is 6.54 Å². The van der Waals surface area contributed by atoms with Crippen LogP contribution in [0.1, 0.15) is 13.8 Å². The van der Waals surface area contributed by atoms with Crippen LogP contribution in [0.3, 0.4) is 0 Å². The molecule has 0 amide bonds. The highest BCUT2D eigenvalue weighted by Gasteiger charge is 2.27. The Morgan fingerprint density at radius 3 is 2.93 bits per heavy atom. The van der Waals surface area contributed by atoms with Crippen molar-refractivity contribution in [2.75, 3.05) is 12.8 Å². The van der Waals surface area contributed by atoms with E-state index in [-0.39, 0.29) is 12.0 Å². The fourth-order valence-corrected chi connectivity index (χ4v) is 1.79. The van der Waals surface area contributed by atoms with Crippen LogP contribution in [-0.4, -0.2) is 36.1 Å². The number of carbonyl (C=O) groups is 1. The fraction of sp³-hybridized carbons (Fsp3) is 0.667. The Hall–Kier alpha value is -0.840. The molecule has 0 aromatic rings. The molecule has 0 aliphatic carbocycles. The average Bonchev–Trinajstić information content (AvgIpc) is 2.18. The highest BCUT2D eigenvalue weighted by molar-refractivity contribution is 8.13. The van der Waals surface area contributed by atoms with E-state index < -0.39 is 0 Å². The normalized spacial score (nSPS) is 29.6. The third kappa shape index (κ3) is 2.35. The summed E-state index contributed by atoms with van der Waals surface area (Å²) in [7, 11) is 0. The Labute approximate surface area is 88.3 Å². The molecule has 0 saturated heterocycles. The number of nitrogens with one attached hydrogen (secondary N) is 1. The van der Waals surface area contributed by atoms with Crippen molar-refractivity contribution in [2.45, 2.75) is 19.9 Å². The Morgan fingerprint density at radius 1 is 1.71 bits per heavy atom. The summed E-state index contributed by atoms with van der Waals surface area (Å²) in [5, 5.41) is 3.90. The van der Waals surface area contributed by atoms with Gasteiger partial charge in [-0.1, -0.05) is 11.8 Å². The summed E-state index contributed by atoms with van der Waals surface area (Å²) >= 11 is 1.53. The van der Waals surface area contributed by atoms with Crippen LogP contribution in [-0.2, 0) is 4.79 Å². The predicted molar refractivity (Wildman–Crippen MR) is 61.1 cm³/mol. The zero-order valence-corrected chi connectivity index (χ0v) is 9.47. The minimum absolute atomic E-state index is 0.0125. The maximum absolute atomic E-state index is 10.9. The average molecular weight is 213 g/mol. The van der Waals surface area contributed by atoms with E-state index in [9.17, 15) is 4.79 Å². The second-order valence-electron chi connectivity index (χ2n) is 3.03. The zero-order valence-electron chi connectivity index (χ0n) is 8.65. The quantitative estimate of drug-likeness (QED) is 0.694. The van der Waals surface area contributed by atoms with E-state index in [1.807, 2.05) is 20.1 Å². The SMILES string of the molecule is CCN=C1NC(SC)=NC(C)C1C=O. The van der Waals surface area contributed by atoms with Crippen LogP contribution in [0.5, 0.6) is 0 Å². The third-order valence-electron chi connectivity index (χ3n) is 2.06. The number of carbonyl (C=O) groups excluding carboxylic acids is 1. The second-order valence-corrected chi connectivity index (χ2v) is 3.82. The molecule has 0 aromatic carbocycles. The van der Waals surface area contributed by atoms with Crippen LogP contribution in [0.25, 0.3) is 0 Å². The molecule has 78 valence electrons. The van der Waals surface area contributed by atoms with Crippen LogP contribution >= 0.6 is 11.8 Å². The van der Waals surface area contributed by atoms with E-state index in [0.717, 1.165) is 17.3 Å². The maximum atomic E-state index is 10.9. The fourth-order valence-electron chi connectivity index (χ4n) is 1.32. The number of thioether (sulfide) groups is 1. The molecular weight excluding hydrogens is 198 g/mol. The summed E-state index contributed by atoms with van der Waals surface area (Å²) in [6, 6.07) is -0.0125. The summed E-state index contributed by atoms with van der Waals surface area (Å²) in [6.45, 7) is 4.56. The molecule has 0 aromatic heterocycles. The molecule has 14 heavy (non-hydrogen) atoms. The van der Waals surface area contributed by atoms with Crippen molar-refractivity contribution in [2.24, 2.45) is 15.9 Å². The molecule has 1 aliphatic heterocycles. The minimum Gasteiger partial charge on any atom is -0.323 e. The number of amidine groups is 2. The van der Waals surface area contributed by atoms with E-state index in [1.165, 1.54) is 11.8 Å². The number of rotatable bonds is 2. The molecule has 0 radical (unpaired) electrons. The summed E-state index contributed by atoms with van der Waals surface area (Å²) in [4.78, 5) is 19.5. The van der Waals surface area contributed by atoms with Crippen molar-refractivity contribution < 1.29 is 4.79 Å². The monoisotopic (exact) mass is 213 g/mol. The van der Waals surface area contributed by atoms with Gasteiger partial charge in [-0.15, -0.1) is 0 Å². The van der Waals surface area contributed by atoms with Gasteiger partial charge in [0.1, 0.15) is 12.1 Å².